The van der Waals surface area contributed by atoms with Crippen molar-refractivity contribution in [2.45, 2.75) is 45.2 Å². The molecule has 0 aliphatic rings. The monoisotopic (exact) mass is 224 g/mol. The molecule has 0 aromatic carbocycles. The first kappa shape index (κ1) is 13.3. The Morgan fingerprint density at radius 1 is 1.44 bits per heavy atom. The number of hydrogen-bond donors (Lipinski definition) is 1. The van der Waals surface area contributed by atoms with Crippen molar-refractivity contribution >= 4 is 0 Å². The molecule has 1 heterocycles. The lowest BCUT2D eigenvalue weighted by Crippen LogP contribution is -2.39. The molecule has 0 saturated carbocycles. The van der Waals surface area contributed by atoms with Crippen LogP contribution in [0.15, 0.2) is 22.8 Å². The van der Waals surface area contributed by atoms with Gasteiger partial charge in [0, 0.05) is 6.04 Å². The second-order valence-corrected chi connectivity index (χ2v) is 4.37. The topological polar surface area (TPSA) is 42.4 Å². The van der Waals surface area contributed by atoms with Gasteiger partial charge in [0.1, 0.15) is 5.76 Å². The van der Waals surface area contributed by atoms with E-state index in [1.165, 1.54) is 12.8 Å². The summed E-state index contributed by atoms with van der Waals surface area (Å²) in [6.07, 6.45) is 5.08. The molecule has 92 valence electrons. The van der Waals surface area contributed by atoms with Gasteiger partial charge >= 0.3 is 0 Å². The summed E-state index contributed by atoms with van der Waals surface area (Å²) in [5.41, 5.74) is 6.18. The van der Waals surface area contributed by atoms with Gasteiger partial charge in [-0.05, 0) is 38.6 Å². The lowest BCUT2D eigenvalue weighted by molar-refractivity contribution is 0.181. The minimum atomic E-state index is 0.132. The van der Waals surface area contributed by atoms with Crippen LogP contribution in [-0.4, -0.2) is 24.5 Å². The Morgan fingerprint density at radius 2 is 2.19 bits per heavy atom. The predicted octanol–water partition coefficient (Wildman–Crippen LogP) is 2.79. The SMILES string of the molecule is CCCCN(C)C(c1ccco1)C(N)CC. The first-order valence-corrected chi connectivity index (χ1v) is 6.19. The van der Waals surface area contributed by atoms with Gasteiger partial charge in [-0.3, -0.25) is 4.90 Å². The molecule has 0 bridgehead atoms. The molecular formula is C13H24N2O. The molecule has 0 fully saturated rings. The van der Waals surface area contributed by atoms with Crippen molar-refractivity contribution in [1.29, 1.82) is 0 Å². The quantitative estimate of drug-likeness (QED) is 0.774. The van der Waals surface area contributed by atoms with Crippen LogP contribution in [0.4, 0.5) is 0 Å². The molecule has 2 atom stereocenters. The van der Waals surface area contributed by atoms with Crippen LogP contribution < -0.4 is 5.73 Å². The molecule has 2 unspecified atom stereocenters. The third kappa shape index (κ3) is 3.35. The number of hydrogen-bond acceptors (Lipinski definition) is 3. The number of rotatable bonds is 7. The zero-order valence-electron chi connectivity index (χ0n) is 10.6. The van der Waals surface area contributed by atoms with E-state index in [2.05, 4.69) is 25.8 Å². The minimum absolute atomic E-state index is 0.132. The van der Waals surface area contributed by atoms with Gasteiger partial charge in [-0.15, -0.1) is 0 Å². The van der Waals surface area contributed by atoms with Crippen molar-refractivity contribution in [3.8, 4) is 0 Å². The Balaban J connectivity index is 2.71. The standard InChI is InChI=1S/C13H24N2O/c1-4-6-9-15(3)13(11(14)5-2)12-8-7-10-16-12/h7-8,10-11,13H,4-6,9,14H2,1-3H3. The van der Waals surface area contributed by atoms with Crippen LogP contribution in [-0.2, 0) is 0 Å². The van der Waals surface area contributed by atoms with Gasteiger partial charge < -0.3 is 10.2 Å². The van der Waals surface area contributed by atoms with Gasteiger partial charge in [-0.2, -0.15) is 0 Å². The third-order valence-electron chi connectivity index (χ3n) is 3.05. The Morgan fingerprint density at radius 3 is 2.69 bits per heavy atom. The summed E-state index contributed by atoms with van der Waals surface area (Å²) in [5.74, 6) is 0.980. The van der Waals surface area contributed by atoms with E-state index in [-0.39, 0.29) is 12.1 Å². The van der Waals surface area contributed by atoms with Gasteiger partial charge in [-0.1, -0.05) is 20.3 Å². The van der Waals surface area contributed by atoms with Gasteiger partial charge in [0.2, 0.25) is 0 Å². The third-order valence-corrected chi connectivity index (χ3v) is 3.05. The second kappa shape index (κ2) is 6.71. The van der Waals surface area contributed by atoms with Crippen LogP contribution in [0.2, 0.25) is 0 Å². The van der Waals surface area contributed by atoms with Crippen LogP contribution in [0, 0.1) is 0 Å². The average molecular weight is 224 g/mol. The van der Waals surface area contributed by atoms with E-state index in [1.54, 1.807) is 6.26 Å². The number of nitrogens with two attached hydrogens (primary N) is 1. The van der Waals surface area contributed by atoms with E-state index in [0.29, 0.717) is 0 Å². The highest BCUT2D eigenvalue weighted by Crippen LogP contribution is 2.24. The first-order chi connectivity index (χ1) is 7.70. The highest BCUT2D eigenvalue weighted by Gasteiger charge is 2.24. The highest BCUT2D eigenvalue weighted by atomic mass is 16.3. The maximum atomic E-state index is 6.18. The molecule has 2 N–H and O–H groups in total. The van der Waals surface area contributed by atoms with E-state index in [0.717, 1.165) is 18.7 Å². The molecule has 1 aromatic rings. The zero-order chi connectivity index (χ0) is 12.0. The number of unbranched alkanes of at least 4 members (excludes halogenated alkanes) is 1. The fourth-order valence-electron chi connectivity index (χ4n) is 1.98. The summed E-state index contributed by atoms with van der Waals surface area (Å²) in [6.45, 7) is 5.39. The maximum absolute atomic E-state index is 6.18. The van der Waals surface area contributed by atoms with Crippen molar-refractivity contribution in [2.24, 2.45) is 5.73 Å². The van der Waals surface area contributed by atoms with Crippen LogP contribution in [0.1, 0.15) is 44.9 Å². The highest BCUT2D eigenvalue weighted by molar-refractivity contribution is 5.07. The lowest BCUT2D eigenvalue weighted by Gasteiger charge is -2.30. The van der Waals surface area contributed by atoms with E-state index in [4.69, 9.17) is 10.2 Å². The van der Waals surface area contributed by atoms with Crippen molar-refractivity contribution < 1.29 is 4.42 Å². The molecule has 16 heavy (non-hydrogen) atoms. The van der Waals surface area contributed by atoms with Gasteiger partial charge in [0.15, 0.2) is 0 Å². The minimum Gasteiger partial charge on any atom is -0.468 e. The molecule has 0 spiro atoms. The van der Waals surface area contributed by atoms with Gasteiger partial charge in [0.25, 0.3) is 0 Å². The molecule has 3 nitrogen and oxygen atoms in total. The summed E-state index contributed by atoms with van der Waals surface area (Å²) in [6, 6.07) is 4.28. The molecule has 0 amide bonds. The number of likely N-dealkylation sites (N-methyl/N-ethyl adjacent to an activating group) is 1. The van der Waals surface area contributed by atoms with Crippen molar-refractivity contribution in [1.82, 2.24) is 4.90 Å². The Labute approximate surface area is 98.6 Å². The summed E-state index contributed by atoms with van der Waals surface area (Å²) >= 11 is 0. The largest absolute Gasteiger partial charge is 0.468 e. The van der Waals surface area contributed by atoms with Gasteiger partial charge in [-0.25, -0.2) is 0 Å². The Hall–Kier alpha value is -0.800. The molecule has 0 saturated heterocycles. The van der Waals surface area contributed by atoms with Crippen LogP contribution in [0.5, 0.6) is 0 Å². The van der Waals surface area contributed by atoms with Crippen molar-refractivity contribution in [3.63, 3.8) is 0 Å². The lowest BCUT2D eigenvalue weighted by atomic mass is 10.0. The summed E-state index contributed by atoms with van der Waals surface area (Å²) in [5, 5.41) is 0. The molecular weight excluding hydrogens is 200 g/mol. The summed E-state index contributed by atoms with van der Waals surface area (Å²) in [4.78, 5) is 2.30. The number of nitrogens with zero attached hydrogens (tertiary/aromatic N) is 1. The van der Waals surface area contributed by atoms with Crippen molar-refractivity contribution in [2.75, 3.05) is 13.6 Å². The van der Waals surface area contributed by atoms with E-state index >= 15 is 0 Å². The Bertz CT molecular complexity index is 271. The predicted molar refractivity (Wildman–Crippen MR) is 67.3 cm³/mol. The van der Waals surface area contributed by atoms with E-state index in [9.17, 15) is 0 Å². The molecule has 3 heteroatoms. The fourth-order valence-corrected chi connectivity index (χ4v) is 1.98. The van der Waals surface area contributed by atoms with Gasteiger partial charge in [0.05, 0.1) is 12.3 Å². The second-order valence-electron chi connectivity index (χ2n) is 4.37. The molecule has 1 aromatic heterocycles. The van der Waals surface area contributed by atoms with Crippen LogP contribution in [0.25, 0.3) is 0 Å². The first-order valence-electron chi connectivity index (χ1n) is 6.19. The van der Waals surface area contributed by atoms with Crippen LogP contribution in [0.3, 0.4) is 0 Å². The molecule has 0 aliphatic carbocycles. The zero-order valence-corrected chi connectivity index (χ0v) is 10.6. The summed E-state index contributed by atoms with van der Waals surface area (Å²) < 4.78 is 5.50. The smallest absolute Gasteiger partial charge is 0.122 e. The fraction of sp³-hybridized carbons (Fsp3) is 0.692. The normalized spacial score (nSPS) is 15.3. The number of furan rings is 1. The molecule has 0 radical (unpaired) electrons. The van der Waals surface area contributed by atoms with Crippen LogP contribution >= 0.6 is 0 Å². The van der Waals surface area contributed by atoms with E-state index in [1.807, 2.05) is 12.1 Å². The van der Waals surface area contributed by atoms with E-state index < -0.39 is 0 Å². The summed E-state index contributed by atoms with van der Waals surface area (Å²) in [7, 11) is 2.12. The Kier molecular flexibility index (Phi) is 5.56. The average Bonchev–Trinajstić information content (AvgIpc) is 2.79. The molecule has 1 rings (SSSR count). The van der Waals surface area contributed by atoms with Crippen molar-refractivity contribution in [3.05, 3.63) is 24.2 Å². The molecule has 0 aliphatic heterocycles. The maximum Gasteiger partial charge on any atom is 0.122 e.